The third-order valence-corrected chi connectivity index (χ3v) is 4.88. The second kappa shape index (κ2) is 14.5. The Hall–Kier alpha value is -2.52. The zero-order valence-electron chi connectivity index (χ0n) is 19.1. The molecule has 9 heteroatoms. The molecule has 1 aromatic rings. The third kappa shape index (κ3) is 9.44. The fourth-order valence-corrected chi connectivity index (χ4v) is 3.23. The van der Waals surface area contributed by atoms with Crippen LogP contribution in [0.3, 0.4) is 0 Å². The van der Waals surface area contributed by atoms with Gasteiger partial charge < -0.3 is 29.7 Å². The first-order chi connectivity index (χ1) is 15.2. The van der Waals surface area contributed by atoms with Gasteiger partial charge in [-0.25, -0.2) is 0 Å². The molecule has 0 unspecified atom stereocenters. The van der Waals surface area contributed by atoms with Gasteiger partial charge in [-0.3, -0.25) is 14.7 Å². The molecule has 0 atom stereocenters. The van der Waals surface area contributed by atoms with E-state index >= 15 is 0 Å². The number of guanidine groups is 1. The molecule has 174 valence electrons. The van der Waals surface area contributed by atoms with Crippen LogP contribution in [0.1, 0.15) is 13.3 Å². The van der Waals surface area contributed by atoms with E-state index in [9.17, 15) is 4.79 Å². The van der Waals surface area contributed by atoms with Crippen LogP contribution in [-0.2, 0) is 9.53 Å². The number of ether oxygens (including phenoxy) is 3. The van der Waals surface area contributed by atoms with E-state index in [2.05, 4.69) is 27.4 Å². The van der Waals surface area contributed by atoms with Crippen LogP contribution in [0.25, 0.3) is 0 Å². The summed E-state index contributed by atoms with van der Waals surface area (Å²) in [4.78, 5) is 21.1. The topological polar surface area (TPSA) is 87.7 Å². The molecular formula is C22H37N5O4. The minimum absolute atomic E-state index is 0.0436. The average Bonchev–Trinajstić information content (AvgIpc) is 2.79. The summed E-state index contributed by atoms with van der Waals surface area (Å²) in [6.45, 7) is 9.05. The molecule has 1 heterocycles. The van der Waals surface area contributed by atoms with Crippen LogP contribution >= 0.6 is 0 Å². The van der Waals surface area contributed by atoms with Gasteiger partial charge in [0.15, 0.2) is 5.96 Å². The van der Waals surface area contributed by atoms with E-state index in [1.807, 2.05) is 24.3 Å². The highest BCUT2D eigenvalue weighted by molar-refractivity contribution is 5.80. The second-order valence-electron chi connectivity index (χ2n) is 7.22. The number of carbonyl (C=O) groups excluding carboxylic acids is 1. The second-order valence-corrected chi connectivity index (χ2v) is 7.22. The molecular weight excluding hydrogens is 398 g/mol. The fourth-order valence-electron chi connectivity index (χ4n) is 3.23. The summed E-state index contributed by atoms with van der Waals surface area (Å²) >= 11 is 0. The SMILES string of the molecule is CCNC(=NCCCOc1cccc(OC)c1)N1CCN(CC(=O)NCCOC)CC1. The van der Waals surface area contributed by atoms with Crippen molar-refractivity contribution in [3.05, 3.63) is 24.3 Å². The molecule has 0 aliphatic carbocycles. The van der Waals surface area contributed by atoms with Crippen LogP contribution in [0.2, 0.25) is 0 Å². The number of hydrogen-bond donors (Lipinski definition) is 2. The molecule has 1 aliphatic heterocycles. The summed E-state index contributed by atoms with van der Waals surface area (Å²) in [6.07, 6.45) is 0.827. The van der Waals surface area contributed by atoms with Gasteiger partial charge in [0.2, 0.25) is 5.91 Å². The number of piperazine rings is 1. The van der Waals surface area contributed by atoms with Gasteiger partial charge in [-0.05, 0) is 19.1 Å². The Balaban J connectivity index is 1.71. The lowest BCUT2D eigenvalue weighted by Gasteiger charge is -2.36. The average molecular weight is 436 g/mol. The molecule has 2 rings (SSSR count). The first-order valence-corrected chi connectivity index (χ1v) is 10.9. The standard InChI is InChI=1S/C22H37N5O4/c1-4-23-22(25-9-6-15-31-20-8-5-7-19(17-20)30-3)27-13-11-26(12-14-27)18-21(28)24-10-16-29-2/h5,7-8,17H,4,6,9-16,18H2,1-3H3,(H,23,25)(H,24,28). The van der Waals surface area contributed by atoms with Crippen molar-refractivity contribution in [1.29, 1.82) is 0 Å². The number of benzene rings is 1. The van der Waals surface area contributed by atoms with E-state index in [-0.39, 0.29) is 5.91 Å². The van der Waals surface area contributed by atoms with E-state index in [1.54, 1.807) is 14.2 Å². The number of aliphatic imine (C=N–C) groups is 1. The maximum Gasteiger partial charge on any atom is 0.234 e. The van der Waals surface area contributed by atoms with Crippen LogP contribution in [0.15, 0.2) is 29.3 Å². The molecule has 1 saturated heterocycles. The highest BCUT2D eigenvalue weighted by Gasteiger charge is 2.21. The normalized spacial score (nSPS) is 14.9. The van der Waals surface area contributed by atoms with Crippen molar-refractivity contribution in [2.75, 3.05) is 79.8 Å². The molecule has 0 bridgehead atoms. The van der Waals surface area contributed by atoms with Crippen molar-refractivity contribution in [1.82, 2.24) is 20.4 Å². The highest BCUT2D eigenvalue weighted by Crippen LogP contribution is 2.18. The summed E-state index contributed by atoms with van der Waals surface area (Å²) in [7, 11) is 3.27. The molecule has 1 amide bonds. The van der Waals surface area contributed by atoms with Gasteiger partial charge in [0.25, 0.3) is 0 Å². The Bertz CT molecular complexity index is 678. The maximum atomic E-state index is 12.0. The van der Waals surface area contributed by atoms with E-state index < -0.39 is 0 Å². The van der Waals surface area contributed by atoms with Gasteiger partial charge >= 0.3 is 0 Å². The van der Waals surface area contributed by atoms with Gasteiger partial charge in [0.1, 0.15) is 11.5 Å². The maximum absolute atomic E-state index is 12.0. The Labute approximate surface area is 185 Å². The number of hydrogen-bond acceptors (Lipinski definition) is 6. The quantitative estimate of drug-likeness (QED) is 0.285. The molecule has 2 N–H and O–H groups in total. The predicted octanol–water partition coefficient (Wildman–Crippen LogP) is 0.810. The van der Waals surface area contributed by atoms with Crippen molar-refractivity contribution in [2.24, 2.45) is 4.99 Å². The van der Waals surface area contributed by atoms with E-state index in [1.165, 1.54) is 0 Å². The van der Waals surface area contributed by atoms with Gasteiger partial charge in [-0.1, -0.05) is 6.07 Å². The van der Waals surface area contributed by atoms with Gasteiger partial charge in [-0.2, -0.15) is 0 Å². The zero-order valence-corrected chi connectivity index (χ0v) is 19.1. The van der Waals surface area contributed by atoms with Crippen LogP contribution < -0.4 is 20.1 Å². The summed E-state index contributed by atoms with van der Waals surface area (Å²) in [5.41, 5.74) is 0. The lowest BCUT2D eigenvalue weighted by molar-refractivity contribution is -0.122. The number of rotatable bonds is 12. The van der Waals surface area contributed by atoms with Crippen molar-refractivity contribution in [2.45, 2.75) is 13.3 Å². The molecule has 1 fully saturated rings. The summed E-state index contributed by atoms with van der Waals surface area (Å²) in [5.74, 6) is 2.56. The molecule has 0 spiro atoms. The van der Waals surface area contributed by atoms with Crippen molar-refractivity contribution >= 4 is 11.9 Å². The van der Waals surface area contributed by atoms with E-state index in [0.29, 0.717) is 32.8 Å². The summed E-state index contributed by atoms with van der Waals surface area (Å²) in [6, 6.07) is 7.61. The first kappa shape index (κ1) is 24.7. The van der Waals surface area contributed by atoms with Crippen LogP contribution in [0, 0.1) is 0 Å². The Morgan fingerprint density at radius 2 is 1.87 bits per heavy atom. The minimum atomic E-state index is 0.0436. The Kier molecular flexibility index (Phi) is 11.6. The van der Waals surface area contributed by atoms with Crippen molar-refractivity contribution < 1.29 is 19.0 Å². The van der Waals surface area contributed by atoms with Crippen LogP contribution in [0.5, 0.6) is 11.5 Å². The number of methoxy groups -OCH3 is 2. The predicted molar refractivity (Wildman–Crippen MR) is 122 cm³/mol. The van der Waals surface area contributed by atoms with Crippen LogP contribution in [0.4, 0.5) is 0 Å². The molecule has 0 saturated carbocycles. The Morgan fingerprint density at radius 1 is 1.10 bits per heavy atom. The highest BCUT2D eigenvalue weighted by atomic mass is 16.5. The molecule has 31 heavy (non-hydrogen) atoms. The van der Waals surface area contributed by atoms with Crippen molar-refractivity contribution in [3.63, 3.8) is 0 Å². The molecule has 1 aliphatic rings. The van der Waals surface area contributed by atoms with Gasteiger partial charge in [0.05, 0.1) is 26.9 Å². The number of amides is 1. The number of carbonyl (C=O) groups is 1. The summed E-state index contributed by atoms with van der Waals surface area (Å²) in [5, 5.41) is 6.24. The smallest absolute Gasteiger partial charge is 0.234 e. The molecule has 1 aromatic carbocycles. The molecule has 9 nitrogen and oxygen atoms in total. The minimum Gasteiger partial charge on any atom is -0.497 e. The van der Waals surface area contributed by atoms with E-state index in [0.717, 1.165) is 56.6 Å². The first-order valence-electron chi connectivity index (χ1n) is 10.9. The lowest BCUT2D eigenvalue weighted by atomic mass is 10.3. The van der Waals surface area contributed by atoms with Crippen LogP contribution in [-0.4, -0.2) is 101 Å². The van der Waals surface area contributed by atoms with Gasteiger partial charge in [0, 0.05) is 65.4 Å². The third-order valence-electron chi connectivity index (χ3n) is 4.88. The zero-order chi connectivity index (χ0) is 22.3. The van der Waals surface area contributed by atoms with E-state index in [4.69, 9.17) is 19.2 Å². The number of nitrogens with one attached hydrogen (secondary N) is 2. The lowest BCUT2D eigenvalue weighted by Crippen LogP contribution is -2.54. The number of nitrogens with zero attached hydrogens (tertiary/aromatic N) is 3. The monoisotopic (exact) mass is 435 g/mol. The molecule has 0 aromatic heterocycles. The Morgan fingerprint density at radius 3 is 2.58 bits per heavy atom. The van der Waals surface area contributed by atoms with Gasteiger partial charge in [-0.15, -0.1) is 0 Å². The summed E-state index contributed by atoms with van der Waals surface area (Å²) < 4.78 is 16.0. The fraction of sp³-hybridized carbons (Fsp3) is 0.636. The van der Waals surface area contributed by atoms with Crippen molar-refractivity contribution in [3.8, 4) is 11.5 Å². The molecule has 0 radical (unpaired) electrons. The largest absolute Gasteiger partial charge is 0.497 e.